The molecule has 1 amide bonds. The van der Waals surface area contributed by atoms with Gasteiger partial charge in [0.25, 0.3) is 5.91 Å². The lowest BCUT2D eigenvalue weighted by Crippen LogP contribution is -2.12. The smallest absolute Gasteiger partial charge is 0.256 e. The zero-order valence-corrected chi connectivity index (χ0v) is 14.5. The van der Waals surface area contributed by atoms with E-state index in [0.29, 0.717) is 33.7 Å². The number of rotatable bonds is 4. The highest BCUT2D eigenvalue weighted by Gasteiger charge is 2.13. The Hall–Kier alpha value is -3.32. The molecule has 2 aromatic heterocycles. The predicted octanol–water partition coefficient (Wildman–Crippen LogP) is 3.87. The van der Waals surface area contributed by atoms with E-state index in [4.69, 9.17) is 16.3 Å². The van der Waals surface area contributed by atoms with Crippen molar-refractivity contribution in [1.29, 1.82) is 0 Å². The van der Waals surface area contributed by atoms with Crippen molar-refractivity contribution in [1.82, 2.24) is 20.2 Å². The maximum atomic E-state index is 12.4. The van der Waals surface area contributed by atoms with Crippen LogP contribution in [0.4, 0.5) is 5.82 Å². The molecular formula is C18H14ClN5O2. The van der Waals surface area contributed by atoms with Crippen LogP contribution in [-0.4, -0.2) is 33.2 Å². The number of nitrogens with one attached hydrogen (secondary N) is 3. The number of methoxy groups -OCH3 is 1. The largest absolute Gasteiger partial charge is 0.495 e. The minimum absolute atomic E-state index is 0.322. The number of halogens is 1. The summed E-state index contributed by atoms with van der Waals surface area (Å²) in [4.78, 5) is 20.1. The van der Waals surface area contributed by atoms with Crippen molar-refractivity contribution in [3.8, 4) is 17.3 Å². The first-order valence-electron chi connectivity index (χ1n) is 7.79. The number of carbonyl (C=O) groups excluding carboxylic acids is 1. The molecule has 7 nitrogen and oxygen atoms in total. The van der Waals surface area contributed by atoms with Crippen LogP contribution in [0.3, 0.4) is 0 Å². The van der Waals surface area contributed by atoms with Crippen LogP contribution >= 0.6 is 11.6 Å². The number of aromatic amines is 2. The molecule has 0 bridgehead atoms. The number of anilines is 1. The Morgan fingerprint density at radius 2 is 2.04 bits per heavy atom. The lowest BCUT2D eigenvalue weighted by Gasteiger charge is -2.05. The summed E-state index contributed by atoms with van der Waals surface area (Å²) >= 11 is 6.06. The molecule has 0 fully saturated rings. The fraction of sp³-hybridized carbons (Fsp3) is 0.0556. The Labute approximate surface area is 153 Å². The van der Waals surface area contributed by atoms with E-state index < -0.39 is 0 Å². The normalized spacial score (nSPS) is 10.8. The van der Waals surface area contributed by atoms with Crippen molar-refractivity contribution in [3.63, 3.8) is 0 Å². The number of ether oxygens (including phenoxy) is 1. The van der Waals surface area contributed by atoms with E-state index in [9.17, 15) is 4.79 Å². The Morgan fingerprint density at radius 3 is 2.81 bits per heavy atom. The second-order valence-electron chi connectivity index (χ2n) is 5.57. The highest BCUT2D eigenvalue weighted by molar-refractivity contribution is 6.32. The van der Waals surface area contributed by atoms with Gasteiger partial charge in [-0.25, -0.2) is 4.98 Å². The summed E-state index contributed by atoms with van der Waals surface area (Å²) in [7, 11) is 1.52. The van der Waals surface area contributed by atoms with E-state index in [2.05, 4.69) is 25.5 Å². The second-order valence-corrected chi connectivity index (χ2v) is 5.98. The number of fused-ring (bicyclic) bond motifs is 1. The second kappa shape index (κ2) is 6.53. The van der Waals surface area contributed by atoms with Crippen molar-refractivity contribution in [3.05, 3.63) is 59.1 Å². The molecule has 0 saturated heterocycles. The summed E-state index contributed by atoms with van der Waals surface area (Å²) in [5, 5.41) is 10.1. The topological polar surface area (TPSA) is 95.7 Å². The first-order chi connectivity index (χ1) is 12.6. The van der Waals surface area contributed by atoms with Crippen molar-refractivity contribution in [2.24, 2.45) is 0 Å². The van der Waals surface area contributed by atoms with E-state index in [1.54, 1.807) is 24.3 Å². The molecule has 2 heterocycles. The fourth-order valence-electron chi connectivity index (χ4n) is 2.58. The first-order valence-corrected chi connectivity index (χ1v) is 8.17. The van der Waals surface area contributed by atoms with E-state index in [1.807, 2.05) is 24.3 Å². The van der Waals surface area contributed by atoms with Crippen molar-refractivity contribution in [2.45, 2.75) is 0 Å². The van der Waals surface area contributed by atoms with Gasteiger partial charge in [0.2, 0.25) is 0 Å². The van der Waals surface area contributed by atoms with Gasteiger partial charge in [-0.3, -0.25) is 9.89 Å². The molecule has 0 unspecified atom stereocenters. The number of para-hydroxylation sites is 2. The summed E-state index contributed by atoms with van der Waals surface area (Å²) < 4.78 is 5.08. The fourth-order valence-corrected chi connectivity index (χ4v) is 2.84. The van der Waals surface area contributed by atoms with Crippen LogP contribution in [-0.2, 0) is 0 Å². The number of carbonyl (C=O) groups is 1. The molecule has 0 aliphatic carbocycles. The third kappa shape index (κ3) is 3.00. The number of benzene rings is 2. The van der Waals surface area contributed by atoms with Crippen LogP contribution in [0.25, 0.3) is 22.6 Å². The minimum atomic E-state index is -0.322. The van der Waals surface area contributed by atoms with E-state index in [-0.39, 0.29) is 5.91 Å². The molecule has 8 heteroatoms. The Bertz CT molecular complexity index is 1070. The van der Waals surface area contributed by atoms with Crippen LogP contribution in [0, 0.1) is 0 Å². The van der Waals surface area contributed by atoms with Crippen molar-refractivity contribution < 1.29 is 9.53 Å². The molecule has 4 aromatic rings. The molecule has 4 rings (SSSR count). The molecule has 0 aliphatic heterocycles. The molecular weight excluding hydrogens is 354 g/mol. The molecule has 0 aliphatic rings. The summed E-state index contributed by atoms with van der Waals surface area (Å²) in [5.41, 5.74) is 2.86. The third-order valence-corrected chi connectivity index (χ3v) is 4.17. The number of hydrogen-bond acceptors (Lipinski definition) is 4. The van der Waals surface area contributed by atoms with Gasteiger partial charge in [-0.05, 0) is 30.3 Å². The maximum absolute atomic E-state index is 12.4. The number of nitrogens with zero attached hydrogens (tertiary/aromatic N) is 2. The van der Waals surface area contributed by atoms with Gasteiger partial charge >= 0.3 is 0 Å². The van der Waals surface area contributed by atoms with Crippen LogP contribution < -0.4 is 10.1 Å². The molecule has 0 spiro atoms. The van der Waals surface area contributed by atoms with Gasteiger partial charge in [-0.15, -0.1) is 0 Å². The molecule has 26 heavy (non-hydrogen) atoms. The predicted molar refractivity (Wildman–Crippen MR) is 99.6 cm³/mol. The van der Waals surface area contributed by atoms with Crippen LogP contribution in [0.2, 0.25) is 5.02 Å². The van der Waals surface area contributed by atoms with Crippen LogP contribution in [0.15, 0.2) is 48.5 Å². The van der Waals surface area contributed by atoms with Crippen LogP contribution in [0.5, 0.6) is 5.75 Å². The Balaban J connectivity index is 1.54. The standard InChI is InChI=1S/C18H14ClN5O2/c1-26-15-7-6-10(8-11(15)19)18(25)22-16-9-14(23-24-16)17-20-12-4-2-3-5-13(12)21-17/h2-9H,1H3,(H,20,21)(H2,22,23,24,25). The van der Waals surface area contributed by atoms with E-state index in [1.165, 1.54) is 7.11 Å². The minimum Gasteiger partial charge on any atom is -0.495 e. The SMILES string of the molecule is COc1ccc(C(=O)Nc2cc(-c3nc4ccccc4[nH]3)[nH]n2)cc1Cl. The number of H-pyrrole nitrogens is 2. The molecule has 3 N–H and O–H groups in total. The summed E-state index contributed by atoms with van der Waals surface area (Å²) in [6, 6.07) is 14.2. The van der Waals surface area contributed by atoms with Crippen LogP contribution in [0.1, 0.15) is 10.4 Å². The van der Waals surface area contributed by atoms with E-state index in [0.717, 1.165) is 11.0 Å². The lowest BCUT2D eigenvalue weighted by atomic mass is 10.2. The average Bonchev–Trinajstić information content (AvgIpc) is 3.28. The van der Waals surface area contributed by atoms with Gasteiger partial charge in [-0.1, -0.05) is 23.7 Å². The third-order valence-electron chi connectivity index (χ3n) is 3.88. The number of hydrogen-bond donors (Lipinski definition) is 3. The first kappa shape index (κ1) is 16.2. The molecule has 0 atom stereocenters. The number of imidazole rings is 1. The number of aromatic nitrogens is 4. The van der Waals surface area contributed by atoms with Gasteiger partial charge in [0, 0.05) is 11.6 Å². The molecule has 130 valence electrons. The molecule has 2 aromatic carbocycles. The average molecular weight is 368 g/mol. The molecule has 0 radical (unpaired) electrons. The highest BCUT2D eigenvalue weighted by Crippen LogP contribution is 2.25. The summed E-state index contributed by atoms with van der Waals surface area (Å²) in [5.74, 6) is 1.22. The zero-order valence-electron chi connectivity index (χ0n) is 13.7. The lowest BCUT2D eigenvalue weighted by molar-refractivity contribution is 0.102. The Morgan fingerprint density at radius 1 is 1.19 bits per heavy atom. The maximum Gasteiger partial charge on any atom is 0.256 e. The molecule has 0 saturated carbocycles. The Kier molecular flexibility index (Phi) is 4.06. The monoisotopic (exact) mass is 367 g/mol. The highest BCUT2D eigenvalue weighted by atomic mass is 35.5. The quantitative estimate of drug-likeness (QED) is 0.510. The van der Waals surface area contributed by atoms with Gasteiger partial charge in [-0.2, -0.15) is 5.10 Å². The summed E-state index contributed by atoms with van der Waals surface area (Å²) in [6.07, 6.45) is 0. The van der Waals surface area contributed by atoms with Crippen molar-refractivity contribution >= 4 is 34.4 Å². The van der Waals surface area contributed by atoms with Crippen molar-refractivity contribution in [2.75, 3.05) is 12.4 Å². The number of amides is 1. The van der Waals surface area contributed by atoms with Gasteiger partial charge in [0.05, 0.1) is 23.2 Å². The summed E-state index contributed by atoms with van der Waals surface area (Å²) in [6.45, 7) is 0. The van der Waals surface area contributed by atoms with Gasteiger partial charge in [0.15, 0.2) is 11.6 Å². The van der Waals surface area contributed by atoms with E-state index >= 15 is 0 Å². The van der Waals surface area contributed by atoms with Gasteiger partial charge < -0.3 is 15.0 Å². The zero-order chi connectivity index (χ0) is 18.1. The van der Waals surface area contributed by atoms with Gasteiger partial charge in [0.1, 0.15) is 11.4 Å².